The number of ether oxygens (including phenoxy) is 2. The molecule has 8 heteroatoms. The van der Waals surface area contributed by atoms with Gasteiger partial charge in [-0.25, -0.2) is 8.78 Å². The zero-order valence-electron chi connectivity index (χ0n) is 20.9. The van der Waals surface area contributed by atoms with Gasteiger partial charge in [0.15, 0.2) is 6.10 Å². The fourth-order valence-electron chi connectivity index (χ4n) is 4.48. The number of alkyl halides is 3. The molecule has 3 aromatic carbocycles. The van der Waals surface area contributed by atoms with Crippen LogP contribution in [0.1, 0.15) is 55.0 Å². The summed E-state index contributed by atoms with van der Waals surface area (Å²) in [6.07, 6.45) is -0.550. The minimum atomic E-state index is -4.47. The molecule has 4 rings (SSSR count). The largest absolute Gasteiger partial charge is 0.489 e. The first-order chi connectivity index (χ1) is 17.8. The monoisotopic (exact) mass is 528 g/mol. The third-order valence-corrected chi connectivity index (χ3v) is 6.97. The number of halogens is 5. The van der Waals surface area contributed by atoms with Gasteiger partial charge in [0.05, 0.1) is 5.56 Å². The van der Waals surface area contributed by atoms with E-state index >= 15 is 0 Å². The Morgan fingerprint density at radius 3 is 2.16 bits per heavy atom. The second-order valence-corrected chi connectivity index (χ2v) is 9.90. The minimum absolute atomic E-state index is 0.192. The Morgan fingerprint density at radius 2 is 1.58 bits per heavy atom. The maximum Gasteiger partial charge on any atom is 0.416 e. The van der Waals surface area contributed by atoms with Crippen LogP contribution in [0.3, 0.4) is 0 Å². The SMILES string of the molecule is C#CC(OC(=O)C1C(Oc2ccc(C(F)(F)F)cc2)C1(C)C)c1ccc(F)c(C(C)c2ccc(F)cc2)c1. The summed E-state index contributed by atoms with van der Waals surface area (Å²) in [7, 11) is 0. The van der Waals surface area contributed by atoms with Crippen molar-refractivity contribution in [2.75, 3.05) is 0 Å². The molecule has 4 atom stereocenters. The number of esters is 1. The van der Waals surface area contributed by atoms with Crippen molar-refractivity contribution < 1.29 is 36.2 Å². The van der Waals surface area contributed by atoms with E-state index in [2.05, 4.69) is 5.92 Å². The third kappa shape index (κ3) is 5.52. The van der Waals surface area contributed by atoms with Crippen LogP contribution >= 0.6 is 0 Å². The Kier molecular flexibility index (Phi) is 7.24. The molecule has 1 fully saturated rings. The van der Waals surface area contributed by atoms with E-state index in [-0.39, 0.29) is 5.75 Å². The van der Waals surface area contributed by atoms with Crippen molar-refractivity contribution >= 4 is 5.97 Å². The van der Waals surface area contributed by atoms with E-state index in [0.29, 0.717) is 16.7 Å². The van der Waals surface area contributed by atoms with Crippen molar-refractivity contribution in [3.63, 3.8) is 0 Å². The molecular weight excluding hydrogens is 503 g/mol. The molecule has 0 N–H and O–H groups in total. The highest BCUT2D eigenvalue weighted by molar-refractivity contribution is 5.79. The van der Waals surface area contributed by atoms with Crippen LogP contribution in [0.4, 0.5) is 22.0 Å². The summed E-state index contributed by atoms with van der Waals surface area (Å²) in [5, 5.41) is 0. The lowest BCUT2D eigenvalue weighted by Crippen LogP contribution is -2.16. The zero-order chi connectivity index (χ0) is 27.8. The van der Waals surface area contributed by atoms with E-state index in [1.807, 2.05) is 0 Å². The lowest BCUT2D eigenvalue weighted by molar-refractivity contribution is -0.149. The average molecular weight is 529 g/mol. The van der Waals surface area contributed by atoms with Crippen molar-refractivity contribution in [2.45, 2.75) is 45.1 Å². The molecule has 1 saturated carbocycles. The van der Waals surface area contributed by atoms with Crippen LogP contribution in [0.15, 0.2) is 66.7 Å². The number of hydrogen-bond donors (Lipinski definition) is 0. The van der Waals surface area contributed by atoms with Gasteiger partial charge in [0.25, 0.3) is 0 Å². The average Bonchev–Trinajstić information content (AvgIpc) is 3.42. The predicted octanol–water partition coefficient (Wildman–Crippen LogP) is 7.46. The first kappa shape index (κ1) is 27.2. The summed E-state index contributed by atoms with van der Waals surface area (Å²) in [6, 6.07) is 14.1. The summed E-state index contributed by atoms with van der Waals surface area (Å²) >= 11 is 0. The Hall–Kier alpha value is -3.86. The smallest absolute Gasteiger partial charge is 0.416 e. The second-order valence-electron chi connectivity index (χ2n) is 9.90. The maximum absolute atomic E-state index is 14.7. The molecule has 0 amide bonds. The summed E-state index contributed by atoms with van der Waals surface area (Å²) in [5.41, 5.74) is -0.0605. The summed E-state index contributed by atoms with van der Waals surface area (Å²) in [4.78, 5) is 13.0. The standard InChI is InChI=1S/C30H25F5O3/c1-5-25(19-8-15-24(32)23(16-19)17(2)18-6-11-21(31)12-7-18)38-28(36)26-27(29(26,3)4)37-22-13-9-20(10-14-22)30(33,34)35/h1,6-17,25-27H,2-4H3. The first-order valence-electron chi connectivity index (χ1n) is 11.9. The highest BCUT2D eigenvalue weighted by Crippen LogP contribution is 2.55. The lowest BCUT2D eigenvalue weighted by Gasteiger charge is -2.18. The quantitative estimate of drug-likeness (QED) is 0.181. The number of carbonyl (C=O) groups is 1. The zero-order valence-corrected chi connectivity index (χ0v) is 20.9. The molecule has 3 nitrogen and oxygen atoms in total. The predicted molar refractivity (Wildman–Crippen MR) is 131 cm³/mol. The van der Waals surface area contributed by atoms with E-state index in [1.54, 1.807) is 32.9 Å². The van der Waals surface area contributed by atoms with Crippen molar-refractivity contribution in [1.82, 2.24) is 0 Å². The molecule has 0 aliphatic heterocycles. The Morgan fingerprint density at radius 1 is 0.974 bits per heavy atom. The molecule has 0 saturated heterocycles. The van der Waals surface area contributed by atoms with Crippen molar-refractivity contribution in [3.8, 4) is 18.1 Å². The number of benzene rings is 3. The van der Waals surface area contributed by atoms with E-state index < -0.39 is 58.8 Å². The molecular formula is C30H25F5O3. The van der Waals surface area contributed by atoms with Crippen LogP contribution in [0.25, 0.3) is 0 Å². The van der Waals surface area contributed by atoms with Crippen LogP contribution in [0.5, 0.6) is 5.75 Å². The molecule has 3 aromatic rings. The highest BCUT2D eigenvalue weighted by Gasteiger charge is 2.65. The molecule has 1 aliphatic rings. The number of rotatable bonds is 7. The molecule has 0 aromatic heterocycles. The molecule has 0 radical (unpaired) electrons. The lowest BCUT2D eigenvalue weighted by atomic mass is 9.91. The highest BCUT2D eigenvalue weighted by atomic mass is 19.4. The van der Waals surface area contributed by atoms with Gasteiger partial charge in [0.1, 0.15) is 29.4 Å². The second kappa shape index (κ2) is 10.1. The Balaban J connectivity index is 1.47. The summed E-state index contributed by atoms with van der Waals surface area (Å²) < 4.78 is 77.8. The van der Waals surface area contributed by atoms with E-state index in [1.165, 1.54) is 42.5 Å². The normalized spacial score (nSPS) is 19.7. The van der Waals surface area contributed by atoms with Gasteiger partial charge in [-0.05, 0) is 59.7 Å². The summed E-state index contributed by atoms with van der Waals surface area (Å²) in [6.45, 7) is 5.32. The fourth-order valence-corrected chi connectivity index (χ4v) is 4.48. The van der Waals surface area contributed by atoms with Crippen LogP contribution in [-0.2, 0) is 15.7 Å². The van der Waals surface area contributed by atoms with Crippen LogP contribution < -0.4 is 4.74 Å². The van der Waals surface area contributed by atoms with Gasteiger partial charge < -0.3 is 9.47 Å². The molecule has 1 aliphatic carbocycles. The molecule has 0 spiro atoms. The molecule has 198 valence electrons. The Bertz CT molecular complexity index is 1350. The van der Waals surface area contributed by atoms with Crippen LogP contribution in [0.2, 0.25) is 0 Å². The third-order valence-electron chi connectivity index (χ3n) is 6.97. The van der Waals surface area contributed by atoms with Gasteiger partial charge in [-0.1, -0.05) is 44.9 Å². The van der Waals surface area contributed by atoms with Crippen LogP contribution in [-0.4, -0.2) is 12.1 Å². The van der Waals surface area contributed by atoms with E-state index in [9.17, 15) is 26.7 Å². The summed E-state index contributed by atoms with van der Waals surface area (Å²) in [5.74, 6) is -0.0470. The fraction of sp³-hybridized carbons (Fsp3) is 0.300. The van der Waals surface area contributed by atoms with E-state index in [4.69, 9.17) is 15.9 Å². The number of terminal acetylenes is 1. The van der Waals surface area contributed by atoms with Gasteiger partial charge in [-0.2, -0.15) is 13.2 Å². The van der Waals surface area contributed by atoms with Gasteiger partial charge in [0.2, 0.25) is 0 Å². The van der Waals surface area contributed by atoms with Crippen molar-refractivity contribution in [1.29, 1.82) is 0 Å². The number of hydrogen-bond acceptors (Lipinski definition) is 3. The Labute approximate surface area is 217 Å². The van der Waals surface area contributed by atoms with Gasteiger partial charge in [-0.3, -0.25) is 4.79 Å². The molecule has 0 bridgehead atoms. The van der Waals surface area contributed by atoms with Crippen molar-refractivity contribution in [3.05, 3.63) is 101 Å². The molecule has 0 heterocycles. The first-order valence-corrected chi connectivity index (χ1v) is 11.9. The van der Waals surface area contributed by atoms with Gasteiger partial charge in [0, 0.05) is 16.9 Å². The number of carbonyl (C=O) groups excluding carboxylic acids is 1. The van der Waals surface area contributed by atoms with Crippen molar-refractivity contribution in [2.24, 2.45) is 11.3 Å². The maximum atomic E-state index is 14.7. The minimum Gasteiger partial charge on any atom is -0.489 e. The van der Waals surface area contributed by atoms with Gasteiger partial charge in [-0.15, -0.1) is 6.42 Å². The topological polar surface area (TPSA) is 35.5 Å². The molecule has 38 heavy (non-hydrogen) atoms. The van der Waals surface area contributed by atoms with Gasteiger partial charge >= 0.3 is 12.1 Å². The molecule has 4 unspecified atom stereocenters. The van der Waals surface area contributed by atoms with Crippen LogP contribution in [0, 0.1) is 35.3 Å². The van der Waals surface area contributed by atoms with E-state index in [0.717, 1.165) is 12.1 Å².